The Labute approximate surface area is 158 Å². The summed E-state index contributed by atoms with van der Waals surface area (Å²) < 4.78 is 2.44. The Kier molecular flexibility index (Phi) is 6.86. The molecule has 1 aromatic heterocycles. The van der Waals surface area contributed by atoms with Gasteiger partial charge in [0.15, 0.2) is 0 Å². The first-order valence-electron chi connectivity index (χ1n) is 10.2. The van der Waals surface area contributed by atoms with Crippen LogP contribution in [0.5, 0.6) is 0 Å². The van der Waals surface area contributed by atoms with Crippen molar-refractivity contribution < 1.29 is 0 Å². The molecular formula is C22H34N4. The lowest BCUT2D eigenvalue weighted by molar-refractivity contribution is 0.0995. The highest BCUT2D eigenvalue weighted by atomic mass is 15.3. The van der Waals surface area contributed by atoms with Crippen LogP contribution in [-0.4, -0.2) is 58.6 Å². The molecule has 1 aromatic carbocycles. The second kappa shape index (κ2) is 9.33. The summed E-state index contributed by atoms with van der Waals surface area (Å²) >= 11 is 0. The van der Waals surface area contributed by atoms with Gasteiger partial charge in [0, 0.05) is 50.0 Å². The van der Waals surface area contributed by atoms with Crippen molar-refractivity contribution >= 4 is 0 Å². The Balaban J connectivity index is 1.80. The van der Waals surface area contributed by atoms with Crippen LogP contribution in [0.1, 0.15) is 38.8 Å². The Morgan fingerprint density at radius 3 is 2.42 bits per heavy atom. The van der Waals surface area contributed by atoms with Crippen molar-refractivity contribution in [3.05, 3.63) is 42.4 Å². The highest BCUT2D eigenvalue weighted by Gasteiger charge is 2.23. The van der Waals surface area contributed by atoms with Gasteiger partial charge in [-0.2, -0.15) is 0 Å². The molecule has 0 bridgehead atoms. The van der Waals surface area contributed by atoms with Gasteiger partial charge < -0.3 is 9.47 Å². The summed E-state index contributed by atoms with van der Waals surface area (Å²) in [6.07, 6.45) is 6.81. The predicted molar refractivity (Wildman–Crippen MR) is 109 cm³/mol. The maximum absolute atomic E-state index is 4.82. The summed E-state index contributed by atoms with van der Waals surface area (Å²) in [6.45, 7) is 10.4. The fourth-order valence-corrected chi connectivity index (χ4v) is 3.93. The molecule has 4 heteroatoms. The maximum Gasteiger partial charge on any atom is 0.0956 e. The van der Waals surface area contributed by atoms with E-state index in [1.54, 1.807) is 0 Å². The smallest absolute Gasteiger partial charge is 0.0956 e. The Morgan fingerprint density at radius 2 is 1.77 bits per heavy atom. The van der Waals surface area contributed by atoms with Crippen LogP contribution in [0.15, 0.2) is 36.7 Å². The fraction of sp³-hybridized carbons (Fsp3) is 0.591. The van der Waals surface area contributed by atoms with Gasteiger partial charge in [0.25, 0.3) is 0 Å². The number of benzene rings is 1. The first-order chi connectivity index (χ1) is 12.7. The van der Waals surface area contributed by atoms with Gasteiger partial charge in [-0.15, -0.1) is 0 Å². The molecule has 1 saturated heterocycles. The zero-order chi connectivity index (χ0) is 18.4. The largest absolute Gasteiger partial charge is 0.332 e. The number of piperazine rings is 1. The van der Waals surface area contributed by atoms with Crippen LogP contribution in [0.2, 0.25) is 0 Å². The van der Waals surface area contributed by atoms with Crippen molar-refractivity contribution in [2.24, 2.45) is 0 Å². The molecule has 1 aliphatic rings. The minimum Gasteiger partial charge on any atom is -0.332 e. The third-order valence-corrected chi connectivity index (χ3v) is 5.69. The van der Waals surface area contributed by atoms with E-state index in [-0.39, 0.29) is 0 Å². The second-order valence-corrected chi connectivity index (χ2v) is 7.56. The van der Waals surface area contributed by atoms with E-state index in [0.717, 1.165) is 13.0 Å². The topological polar surface area (TPSA) is 24.3 Å². The Morgan fingerprint density at radius 1 is 1.04 bits per heavy atom. The summed E-state index contributed by atoms with van der Waals surface area (Å²) in [4.78, 5) is 9.92. The number of aromatic nitrogens is 2. The number of nitrogens with zero attached hydrogens (tertiary/aromatic N) is 4. The molecule has 0 radical (unpaired) electrons. The molecule has 0 N–H and O–H groups in total. The van der Waals surface area contributed by atoms with E-state index in [2.05, 4.69) is 71.9 Å². The Hall–Kier alpha value is -1.65. The van der Waals surface area contributed by atoms with E-state index in [0.29, 0.717) is 6.04 Å². The average Bonchev–Trinajstić information content (AvgIpc) is 3.08. The summed E-state index contributed by atoms with van der Waals surface area (Å²) in [5.41, 5.74) is 3.82. The lowest BCUT2D eigenvalue weighted by Crippen LogP contribution is -2.50. The molecule has 0 aliphatic carbocycles. The predicted octanol–water partition coefficient (Wildman–Crippen LogP) is 3.92. The van der Waals surface area contributed by atoms with Crippen molar-refractivity contribution in [3.63, 3.8) is 0 Å². The summed E-state index contributed by atoms with van der Waals surface area (Å²) in [7, 11) is 2.23. The number of rotatable bonds is 8. The van der Waals surface area contributed by atoms with Crippen LogP contribution in [0.3, 0.4) is 0 Å². The molecule has 142 valence electrons. The van der Waals surface area contributed by atoms with E-state index in [9.17, 15) is 0 Å². The van der Waals surface area contributed by atoms with E-state index >= 15 is 0 Å². The molecule has 2 aromatic rings. The lowest BCUT2D eigenvalue weighted by Gasteiger charge is -2.38. The minimum atomic E-state index is 0.599. The highest BCUT2D eigenvalue weighted by Crippen LogP contribution is 2.25. The quantitative estimate of drug-likeness (QED) is 0.718. The number of hydrogen-bond donors (Lipinski definition) is 0. The van der Waals surface area contributed by atoms with Crippen molar-refractivity contribution in [1.82, 2.24) is 19.4 Å². The molecule has 0 spiro atoms. The molecule has 4 nitrogen and oxygen atoms in total. The number of hydrogen-bond acceptors (Lipinski definition) is 3. The van der Waals surface area contributed by atoms with Crippen LogP contribution in [0.25, 0.3) is 11.3 Å². The van der Waals surface area contributed by atoms with Gasteiger partial charge in [0.1, 0.15) is 0 Å². The molecule has 1 atom stereocenters. The highest BCUT2D eigenvalue weighted by molar-refractivity contribution is 5.61. The summed E-state index contributed by atoms with van der Waals surface area (Å²) in [6, 6.07) is 11.3. The Bertz CT molecular complexity index is 656. The van der Waals surface area contributed by atoms with Crippen LogP contribution in [0, 0.1) is 0 Å². The summed E-state index contributed by atoms with van der Waals surface area (Å²) in [5.74, 6) is 0. The van der Waals surface area contributed by atoms with E-state index < -0.39 is 0 Å². The van der Waals surface area contributed by atoms with Crippen LogP contribution in [0.4, 0.5) is 0 Å². The molecule has 2 heterocycles. The van der Waals surface area contributed by atoms with Gasteiger partial charge in [-0.3, -0.25) is 4.90 Å². The van der Waals surface area contributed by atoms with Crippen molar-refractivity contribution in [3.8, 4) is 11.3 Å². The number of imidazole rings is 1. The third kappa shape index (κ3) is 4.54. The van der Waals surface area contributed by atoms with Gasteiger partial charge >= 0.3 is 0 Å². The standard InChI is InChI=1S/C22H34N4/c1-4-6-12-21-22(19-10-8-7-9-11-19)23-18-26(21)17-20(5-2)25-15-13-24(3)14-16-25/h7-11,18,20H,4-6,12-17H2,1-3H3/t20-/m0/s1. The first kappa shape index (κ1) is 19.1. The van der Waals surface area contributed by atoms with Crippen LogP contribution in [-0.2, 0) is 13.0 Å². The van der Waals surface area contributed by atoms with Gasteiger partial charge in [0.05, 0.1) is 12.0 Å². The van der Waals surface area contributed by atoms with Crippen molar-refractivity contribution in [1.29, 1.82) is 0 Å². The summed E-state index contributed by atoms with van der Waals surface area (Å²) in [5, 5.41) is 0. The van der Waals surface area contributed by atoms with Crippen LogP contribution < -0.4 is 0 Å². The van der Waals surface area contributed by atoms with Crippen molar-refractivity contribution in [2.45, 2.75) is 52.1 Å². The van der Waals surface area contributed by atoms with Gasteiger partial charge in [0.2, 0.25) is 0 Å². The van der Waals surface area contributed by atoms with Gasteiger partial charge in [-0.25, -0.2) is 4.98 Å². The fourth-order valence-electron chi connectivity index (χ4n) is 3.93. The number of unbranched alkanes of at least 4 members (excludes halogenated alkanes) is 1. The lowest BCUT2D eigenvalue weighted by atomic mass is 10.1. The molecule has 0 unspecified atom stereocenters. The zero-order valence-corrected chi connectivity index (χ0v) is 16.7. The average molecular weight is 355 g/mol. The van der Waals surface area contributed by atoms with Crippen LogP contribution >= 0.6 is 0 Å². The van der Waals surface area contributed by atoms with E-state index in [1.807, 2.05) is 0 Å². The number of likely N-dealkylation sites (N-methyl/N-ethyl adjacent to an activating group) is 1. The van der Waals surface area contributed by atoms with Gasteiger partial charge in [-0.05, 0) is 26.3 Å². The molecule has 26 heavy (non-hydrogen) atoms. The monoisotopic (exact) mass is 354 g/mol. The molecule has 3 rings (SSSR count). The molecule has 0 saturated carbocycles. The van der Waals surface area contributed by atoms with E-state index in [4.69, 9.17) is 4.98 Å². The normalized spacial score (nSPS) is 17.5. The molecular weight excluding hydrogens is 320 g/mol. The maximum atomic E-state index is 4.82. The SMILES string of the molecule is CCCCc1c(-c2ccccc2)ncn1C[C@H](CC)N1CCN(C)CC1. The second-order valence-electron chi connectivity index (χ2n) is 7.56. The molecule has 1 fully saturated rings. The first-order valence-corrected chi connectivity index (χ1v) is 10.2. The van der Waals surface area contributed by atoms with Gasteiger partial charge in [-0.1, -0.05) is 50.6 Å². The molecule has 1 aliphatic heterocycles. The molecule has 0 amide bonds. The van der Waals surface area contributed by atoms with E-state index in [1.165, 1.54) is 62.4 Å². The van der Waals surface area contributed by atoms with Crippen molar-refractivity contribution in [2.75, 3.05) is 33.2 Å². The minimum absolute atomic E-state index is 0.599. The zero-order valence-electron chi connectivity index (χ0n) is 16.7. The third-order valence-electron chi connectivity index (χ3n) is 5.69.